The topological polar surface area (TPSA) is 70.6 Å². The van der Waals surface area contributed by atoms with Crippen molar-refractivity contribution >= 4 is 23.3 Å². The summed E-state index contributed by atoms with van der Waals surface area (Å²) in [6, 6.07) is 10.8. The Morgan fingerprint density at radius 2 is 1.70 bits per heavy atom. The monoisotopic (exact) mass is 367 g/mol. The van der Waals surface area contributed by atoms with Crippen LogP contribution in [0.2, 0.25) is 0 Å². The van der Waals surface area contributed by atoms with Crippen LogP contribution in [0.1, 0.15) is 36.2 Å². The van der Waals surface area contributed by atoms with E-state index in [2.05, 4.69) is 4.98 Å². The Hall–Kier alpha value is -3.02. The van der Waals surface area contributed by atoms with Gasteiger partial charge in [0.05, 0.1) is 0 Å². The first-order valence-electron chi connectivity index (χ1n) is 8.90. The van der Waals surface area contributed by atoms with Crippen molar-refractivity contribution in [2.75, 3.05) is 25.0 Å². The molecule has 0 unspecified atom stereocenters. The van der Waals surface area contributed by atoms with Gasteiger partial charge in [0.1, 0.15) is 0 Å². The number of Topliss-reactive ketones (excluding diaryl/α,β-unsaturated/α-hetero) is 1. The van der Waals surface area contributed by atoms with Crippen LogP contribution < -0.4 is 4.90 Å². The zero-order valence-electron chi connectivity index (χ0n) is 16.0. The Morgan fingerprint density at radius 1 is 1.00 bits per heavy atom. The van der Waals surface area contributed by atoms with Crippen LogP contribution in [-0.4, -0.2) is 47.6 Å². The van der Waals surface area contributed by atoms with Gasteiger partial charge in [0, 0.05) is 57.1 Å². The second kappa shape index (κ2) is 9.62. The Kier molecular flexibility index (Phi) is 7.23. The van der Waals surface area contributed by atoms with Crippen molar-refractivity contribution in [2.24, 2.45) is 0 Å². The molecule has 0 radical (unpaired) electrons. The van der Waals surface area contributed by atoms with Gasteiger partial charge < -0.3 is 9.80 Å². The van der Waals surface area contributed by atoms with E-state index in [0.717, 1.165) is 12.0 Å². The van der Waals surface area contributed by atoms with Crippen molar-refractivity contribution in [1.29, 1.82) is 0 Å². The molecule has 6 nitrogen and oxygen atoms in total. The highest BCUT2D eigenvalue weighted by atomic mass is 16.2. The standard InChI is InChI=1S/C21H25N3O3/c1-16(25)19-5-4-6-20(15-19)24(17(2)26)14-10-21(27)23(3)13-9-18-7-11-22-12-8-18/h4-8,11-12,15H,9-10,13-14H2,1-3H3. The number of hydrogen-bond acceptors (Lipinski definition) is 4. The molecule has 2 rings (SSSR count). The smallest absolute Gasteiger partial charge is 0.224 e. The van der Waals surface area contributed by atoms with E-state index in [9.17, 15) is 14.4 Å². The van der Waals surface area contributed by atoms with E-state index in [1.807, 2.05) is 12.1 Å². The lowest BCUT2D eigenvalue weighted by molar-refractivity contribution is -0.129. The molecule has 0 aliphatic rings. The molecule has 142 valence electrons. The molecular weight excluding hydrogens is 342 g/mol. The van der Waals surface area contributed by atoms with E-state index in [4.69, 9.17) is 0 Å². The highest BCUT2D eigenvalue weighted by Crippen LogP contribution is 2.17. The van der Waals surface area contributed by atoms with E-state index < -0.39 is 0 Å². The molecule has 0 aliphatic carbocycles. The summed E-state index contributed by atoms with van der Waals surface area (Å²) in [6.45, 7) is 3.81. The minimum Gasteiger partial charge on any atom is -0.345 e. The molecule has 6 heteroatoms. The first kappa shape index (κ1) is 20.3. The van der Waals surface area contributed by atoms with Crippen molar-refractivity contribution in [3.8, 4) is 0 Å². The lowest BCUT2D eigenvalue weighted by atomic mass is 10.1. The lowest BCUT2D eigenvalue weighted by Crippen LogP contribution is -2.35. The zero-order valence-corrected chi connectivity index (χ0v) is 16.0. The maximum absolute atomic E-state index is 12.4. The van der Waals surface area contributed by atoms with Gasteiger partial charge in [-0.1, -0.05) is 12.1 Å². The third-order valence-corrected chi connectivity index (χ3v) is 4.40. The second-order valence-electron chi connectivity index (χ2n) is 6.45. The number of nitrogens with zero attached hydrogens (tertiary/aromatic N) is 3. The Bertz CT molecular complexity index is 805. The number of carbonyl (C=O) groups is 3. The first-order chi connectivity index (χ1) is 12.9. The summed E-state index contributed by atoms with van der Waals surface area (Å²) in [5, 5.41) is 0. The van der Waals surface area contributed by atoms with Crippen LogP contribution >= 0.6 is 0 Å². The summed E-state index contributed by atoms with van der Waals surface area (Å²) >= 11 is 0. The third kappa shape index (κ3) is 6.02. The fraction of sp³-hybridized carbons (Fsp3) is 0.333. The Morgan fingerprint density at radius 3 is 2.33 bits per heavy atom. The molecule has 1 aromatic carbocycles. The van der Waals surface area contributed by atoms with Crippen molar-refractivity contribution < 1.29 is 14.4 Å². The lowest BCUT2D eigenvalue weighted by Gasteiger charge is -2.23. The van der Waals surface area contributed by atoms with E-state index in [0.29, 0.717) is 17.8 Å². The molecule has 2 amide bonds. The molecule has 0 saturated carbocycles. The molecule has 0 spiro atoms. The first-order valence-corrected chi connectivity index (χ1v) is 8.90. The molecule has 27 heavy (non-hydrogen) atoms. The minimum atomic E-state index is -0.164. The summed E-state index contributed by atoms with van der Waals surface area (Å²) in [6.07, 6.45) is 4.44. The van der Waals surface area contributed by atoms with Crippen LogP contribution in [0.15, 0.2) is 48.8 Å². The highest BCUT2D eigenvalue weighted by Gasteiger charge is 2.16. The maximum Gasteiger partial charge on any atom is 0.224 e. The molecule has 0 N–H and O–H groups in total. The number of amides is 2. The number of aromatic nitrogens is 1. The number of benzene rings is 1. The maximum atomic E-state index is 12.4. The summed E-state index contributed by atoms with van der Waals surface area (Å²) in [5.74, 6) is -0.256. The third-order valence-electron chi connectivity index (χ3n) is 4.40. The number of ketones is 1. The summed E-state index contributed by atoms with van der Waals surface area (Å²) in [4.78, 5) is 43.2. The average molecular weight is 367 g/mol. The quantitative estimate of drug-likeness (QED) is 0.673. The SMILES string of the molecule is CC(=O)c1cccc(N(CCC(=O)N(C)CCc2ccncc2)C(C)=O)c1. The molecule has 0 saturated heterocycles. The number of anilines is 1. The van der Waals surface area contributed by atoms with Gasteiger partial charge in [0.2, 0.25) is 11.8 Å². The fourth-order valence-electron chi connectivity index (χ4n) is 2.73. The van der Waals surface area contributed by atoms with Crippen molar-refractivity contribution in [3.05, 3.63) is 59.9 Å². The van der Waals surface area contributed by atoms with Crippen molar-refractivity contribution in [1.82, 2.24) is 9.88 Å². The van der Waals surface area contributed by atoms with Crippen LogP contribution in [-0.2, 0) is 16.0 Å². The largest absolute Gasteiger partial charge is 0.345 e. The Labute approximate surface area is 159 Å². The van der Waals surface area contributed by atoms with Gasteiger partial charge >= 0.3 is 0 Å². The van der Waals surface area contributed by atoms with Gasteiger partial charge in [0.25, 0.3) is 0 Å². The molecule has 1 aromatic heterocycles. The fourth-order valence-corrected chi connectivity index (χ4v) is 2.73. The van der Waals surface area contributed by atoms with Gasteiger partial charge in [-0.25, -0.2) is 0 Å². The van der Waals surface area contributed by atoms with E-state index >= 15 is 0 Å². The summed E-state index contributed by atoms with van der Waals surface area (Å²) in [5.41, 5.74) is 2.29. The summed E-state index contributed by atoms with van der Waals surface area (Å²) in [7, 11) is 1.76. The van der Waals surface area contributed by atoms with E-state index in [1.54, 1.807) is 48.6 Å². The molecule has 0 bridgehead atoms. The van der Waals surface area contributed by atoms with Gasteiger partial charge in [-0.3, -0.25) is 19.4 Å². The van der Waals surface area contributed by atoms with Crippen LogP contribution in [0, 0.1) is 0 Å². The van der Waals surface area contributed by atoms with E-state index in [1.165, 1.54) is 18.7 Å². The van der Waals surface area contributed by atoms with Gasteiger partial charge in [0.15, 0.2) is 5.78 Å². The predicted octanol–water partition coefficient (Wildman–Crippen LogP) is 2.73. The Balaban J connectivity index is 1.94. The molecular formula is C21H25N3O3. The molecule has 1 heterocycles. The van der Waals surface area contributed by atoms with Crippen molar-refractivity contribution in [3.63, 3.8) is 0 Å². The highest BCUT2D eigenvalue weighted by molar-refractivity contribution is 5.97. The second-order valence-corrected chi connectivity index (χ2v) is 6.45. The molecule has 2 aromatic rings. The van der Waals surface area contributed by atoms with Crippen molar-refractivity contribution in [2.45, 2.75) is 26.7 Å². The zero-order chi connectivity index (χ0) is 19.8. The average Bonchev–Trinajstić information content (AvgIpc) is 2.66. The number of rotatable bonds is 8. The normalized spacial score (nSPS) is 10.3. The minimum absolute atomic E-state index is 0.0296. The molecule has 0 atom stereocenters. The number of pyridine rings is 1. The van der Waals surface area contributed by atoms with Gasteiger partial charge in [-0.05, 0) is 43.2 Å². The van der Waals surface area contributed by atoms with E-state index in [-0.39, 0.29) is 30.6 Å². The predicted molar refractivity (Wildman–Crippen MR) is 105 cm³/mol. The molecule has 0 aliphatic heterocycles. The number of likely N-dealkylation sites (N-methyl/N-ethyl adjacent to an activating group) is 1. The van der Waals surface area contributed by atoms with Gasteiger partial charge in [-0.15, -0.1) is 0 Å². The van der Waals surface area contributed by atoms with Crippen LogP contribution in [0.5, 0.6) is 0 Å². The molecule has 0 fully saturated rings. The number of carbonyl (C=O) groups excluding carboxylic acids is 3. The number of hydrogen-bond donors (Lipinski definition) is 0. The van der Waals surface area contributed by atoms with Crippen LogP contribution in [0.4, 0.5) is 5.69 Å². The van der Waals surface area contributed by atoms with Crippen LogP contribution in [0.3, 0.4) is 0 Å². The summed E-state index contributed by atoms with van der Waals surface area (Å²) < 4.78 is 0. The van der Waals surface area contributed by atoms with Gasteiger partial charge in [-0.2, -0.15) is 0 Å². The van der Waals surface area contributed by atoms with Crippen LogP contribution in [0.25, 0.3) is 0 Å².